The van der Waals surface area contributed by atoms with Gasteiger partial charge in [0.15, 0.2) is 0 Å². The zero-order valence-corrected chi connectivity index (χ0v) is 26.1. The van der Waals surface area contributed by atoms with Gasteiger partial charge >= 0.3 is 0 Å². The highest BCUT2D eigenvalue weighted by Crippen LogP contribution is 2.55. The largest absolute Gasteiger partial charge is 0.0878 e. The molecule has 0 unspecified atom stereocenters. The molecular weight excluding hydrogens is 537 g/mol. The van der Waals surface area contributed by atoms with Crippen LogP contribution in [-0.4, -0.2) is 0 Å². The van der Waals surface area contributed by atoms with E-state index >= 15 is 0 Å². The highest BCUT2D eigenvalue weighted by Gasteiger charge is 2.20. The summed E-state index contributed by atoms with van der Waals surface area (Å²) in [5, 5.41) is 4.56. The van der Waals surface area contributed by atoms with E-state index < -0.39 is 0 Å². The number of thioether (sulfide) groups is 4. The van der Waals surface area contributed by atoms with E-state index in [1.54, 1.807) is 0 Å². The summed E-state index contributed by atoms with van der Waals surface area (Å²) >= 11 is 7.49. The summed E-state index contributed by atoms with van der Waals surface area (Å²) in [5.41, 5.74) is 5.46. The number of unbranched alkanes of at least 4 members (excludes halogenated alkanes) is 6. The monoisotopic (exact) mass is 576 g/mol. The van der Waals surface area contributed by atoms with Crippen molar-refractivity contribution >= 4 is 59.2 Å². The van der Waals surface area contributed by atoms with Crippen LogP contribution in [0.1, 0.15) is 87.5 Å². The summed E-state index contributed by atoms with van der Waals surface area (Å²) in [6.45, 7) is 4.54. The molecule has 0 aliphatic carbocycles. The van der Waals surface area contributed by atoms with Crippen molar-refractivity contribution in [3.8, 4) is 0 Å². The van der Waals surface area contributed by atoms with Crippen molar-refractivity contribution in [3.63, 3.8) is 0 Å². The van der Waals surface area contributed by atoms with Gasteiger partial charge in [-0.3, -0.25) is 0 Å². The Kier molecular flexibility index (Phi) is 12.9. The molecule has 0 spiro atoms. The SMILES string of the molecule is CCCCCCc1ccc(/C=C/C2=CS/C(=C3/SC=C(/C=C/c4ccc(CCCCCC)cc4)S3)S2)cc1. The van der Waals surface area contributed by atoms with Gasteiger partial charge in [-0.25, -0.2) is 0 Å². The Bertz CT molecular complexity index is 1070. The van der Waals surface area contributed by atoms with Crippen molar-refractivity contribution in [1.82, 2.24) is 0 Å². The van der Waals surface area contributed by atoms with Gasteiger partial charge in [0, 0.05) is 9.81 Å². The van der Waals surface area contributed by atoms with Crippen molar-refractivity contribution < 1.29 is 0 Å². The van der Waals surface area contributed by atoms with Crippen molar-refractivity contribution in [3.05, 3.63) is 112 Å². The molecule has 0 bridgehead atoms. The first-order valence-corrected chi connectivity index (χ1v) is 17.5. The second kappa shape index (κ2) is 16.6. The molecule has 2 aliphatic rings. The molecule has 0 saturated heterocycles. The molecule has 2 aromatic carbocycles. The molecule has 2 heterocycles. The van der Waals surface area contributed by atoms with Gasteiger partial charge < -0.3 is 0 Å². The van der Waals surface area contributed by atoms with E-state index in [4.69, 9.17) is 0 Å². The Labute approximate surface area is 248 Å². The molecule has 0 nitrogen and oxygen atoms in total. The van der Waals surface area contributed by atoms with E-state index in [-0.39, 0.29) is 0 Å². The van der Waals surface area contributed by atoms with Crippen LogP contribution >= 0.6 is 47.0 Å². The third-order valence-electron chi connectivity index (χ3n) is 6.63. The fourth-order valence-corrected chi connectivity index (χ4v) is 8.98. The molecule has 4 rings (SSSR count). The van der Waals surface area contributed by atoms with E-state index in [1.807, 2.05) is 47.0 Å². The number of hydrogen-bond donors (Lipinski definition) is 0. The quantitative estimate of drug-likeness (QED) is 0.205. The van der Waals surface area contributed by atoms with Crippen LogP contribution in [0.3, 0.4) is 0 Å². The van der Waals surface area contributed by atoms with Crippen LogP contribution in [0.2, 0.25) is 0 Å². The number of rotatable bonds is 14. The van der Waals surface area contributed by atoms with Crippen LogP contribution in [0.4, 0.5) is 0 Å². The molecule has 0 radical (unpaired) electrons. The van der Waals surface area contributed by atoms with Gasteiger partial charge in [0.05, 0.1) is 8.47 Å². The maximum Gasteiger partial charge on any atom is 0.0700 e. The second-order valence-electron chi connectivity index (χ2n) is 9.83. The molecule has 2 aliphatic heterocycles. The Morgan fingerprint density at radius 2 is 0.921 bits per heavy atom. The standard InChI is InChI=1S/C34H40S4/c1-3-5-7-9-11-27-13-17-29(18-14-27)21-23-31-25-35-33(37-31)34-36-26-32(38-34)24-22-30-19-15-28(16-20-30)12-10-8-6-4-2/h13-26H,3-12H2,1-2H3/b23-21+,24-22+,34-33+. The minimum absolute atomic E-state index is 1.20. The maximum atomic E-state index is 2.29. The van der Waals surface area contributed by atoms with Crippen molar-refractivity contribution in [2.75, 3.05) is 0 Å². The summed E-state index contributed by atoms with van der Waals surface area (Å²) in [4.78, 5) is 2.64. The van der Waals surface area contributed by atoms with Crippen LogP contribution in [0.15, 0.2) is 89.8 Å². The third kappa shape index (κ3) is 9.93. The average Bonchev–Trinajstić information content (AvgIpc) is 3.62. The molecule has 2 aromatic rings. The molecule has 200 valence electrons. The minimum Gasteiger partial charge on any atom is -0.0878 e. The van der Waals surface area contributed by atoms with Gasteiger partial charge in [0.2, 0.25) is 0 Å². The molecule has 0 saturated carbocycles. The number of benzene rings is 2. The third-order valence-corrected chi connectivity index (χ3v) is 11.9. The van der Waals surface area contributed by atoms with E-state index in [0.717, 1.165) is 0 Å². The normalized spacial score (nSPS) is 17.6. The van der Waals surface area contributed by atoms with Gasteiger partial charge in [0.1, 0.15) is 0 Å². The number of hydrogen-bond acceptors (Lipinski definition) is 4. The van der Waals surface area contributed by atoms with Crippen LogP contribution in [0, 0.1) is 0 Å². The summed E-state index contributed by atoms with van der Waals surface area (Å²) < 4.78 is 2.79. The maximum absolute atomic E-state index is 2.29. The average molecular weight is 577 g/mol. The molecule has 0 aromatic heterocycles. The predicted octanol–water partition coefficient (Wildman–Crippen LogP) is 12.4. The zero-order chi connectivity index (χ0) is 26.4. The van der Waals surface area contributed by atoms with Gasteiger partial charge in [-0.05, 0) is 70.9 Å². The van der Waals surface area contributed by atoms with Crippen molar-refractivity contribution in [2.45, 2.75) is 78.1 Å². The fourth-order valence-electron chi connectivity index (χ4n) is 4.32. The highest BCUT2D eigenvalue weighted by molar-refractivity contribution is 8.33. The van der Waals surface area contributed by atoms with Gasteiger partial charge in [-0.15, -0.1) is 0 Å². The van der Waals surface area contributed by atoms with E-state index in [1.165, 1.54) is 105 Å². The van der Waals surface area contributed by atoms with Crippen molar-refractivity contribution in [1.29, 1.82) is 0 Å². The lowest BCUT2D eigenvalue weighted by Crippen LogP contribution is -1.85. The smallest absolute Gasteiger partial charge is 0.0700 e. The topological polar surface area (TPSA) is 0 Å². The van der Waals surface area contributed by atoms with Gasteiger partial charge in [-0.1, -0.05) is 160 Å². The van der Waals surface area contributed by atoms with Crippen LogP contribution in [0.5, 0.6) is 0 Å². The Morgan fingerprint density at radius 3 is 1.32 bits per heavy atom. The molecule has 4 heteroatoms. The van der Waals surface area contributed by atoms with Gasteiger partial charge in [0.25, 0.3) is 0 Å². The Hall–Kier alpha value is -1.46. The zero-order valence-electron chi connectivity index (χ0n) is 22.8. The Balaban J connectivity index is 1.21. The van der Waals surface area contributed by atoms with Gasteiger partial charge in [-0.2, -0.15) is 0 Å². The summed E-state index contributed by atoms with van der Waals surface area (Å²) in [7, 11) is 0. The Morgan fingerprint density at radius 1 is 0.500 bits per heavy atom. The molecule has 0 N–H and O–H groups in total. The molecule has 0 amide bonds. The highest BCUT2D eigenvalue weighted by atomic mass is 32.2. The molecular formula is C34H40S4. The lowest BCUT2D eigenvalue weighted by molar-refractivity contribution is 0.667. The van der Waals surface area contributed by atoms with E-state index in [2.05, 4.69) is 97.5 Å². The first-order chi connectivity index (χ1) is 18.7. The molecule has 0 fully saturated rings. The van der Waals surface area contributed by atoms with E-state index in [0.29, 0.717) is 0 Å². The van der Waals surface area contributed by atoms with Crippen molar-refractivity contribution in [2.24, 2.45) is 0 Å². The molecule has 0 atom stereocenters. The summed E-state index contributed by atoms with van der Waals surface area (Å²) in [6, 6.07) is 18.2. The lowest BCUT2D eigenvalue weighted by Gasteiger charge is -2.03. The van der Waals surface area contributed by atoms with Crippen LogP contribution in [0.25, 0.3) is 12.2 Å². The molecule has 38 heavy (non-hydrogen) atoms. The first kappa shape index (κ1) is 29.5. The number of aryl methyl sites for hydroxylation is 2. The predicted molar refractivity (Wildman–Crippen MR) is 180 cm³/mol. The van der Waals surface area contributed by atoms with Crippen LogP contribution < -0.4 is 0 Å². The fraction of sp³-hybridized carbons (Fsp3) is 0.353. The minimum atomic E-state index is 1.20. The lowest BCUT2D eigenvalue weighted by atomic mass is 10.0. The number of allylic oxidation sites excluding steroid dienone is 2. The summed E-state index contributed by atoms with van der Waals surface area (Å²) in [6.07, 6.45) is 22.0. The van der Waals surface area contributed by atoms with Crippen LogP contribution in [-0.2, 0) is 12.8 Å². The van der Waals surface area contributed by atoms with E-state index in [9.17, 15) is 0 Å². The summed E-state index contributed by atoms with van der Waals surface area (Å²) in [5.74, 6) is 0. The second-order valence-corrected chi connectivity index (χ2v) is 14.3. The first-order valence-electron chi connectivity index (χ1n) is 14.1.